The van der Waals surface area contributed by atoms with Crippen molar-refractivity contribution in [2.24, 2.45) is 0 Å². The largest absolute Gasteiger partial charge is 0.431 e. The topological polar surface area (TPSA) is 303 Å². The maximum Gasteiger partial charge on any atom is 0.213 e. The molecule has 0 saturated heterocycles. The second kappa shape index (κ2) is 126. The van der Waals surface area contributed by atoms with Crippen LogP contribution in [0, 0.1) is 0 Å². The number of pyridine rings is 1. The summed E-state index contributed by atoms with van der Waals surface area (Å²) >= 11 is 2.84. The van der Waals surface area contributed by atoms with Crippen LogP contribution in [0.25, 0.3) is 0 Å². The molecule has 0 unspecified atom stereocenters. The highest BCUT2D eigenvalue weighted by Gasteiger charge is 1.64. The normalized spacial score (nSPS) is 6.65. The molecule has 0 aliphatic heterocycles. The fourth-order valence-electron chi connectivity index (χ4n) is 1.95. The van der Waals surface area contributed by atoms with Crippen LogP contribution in [0.15, 0.2) is 187 Å². The number of hydrogen-bond acceptors (Lipinski definition) is 23. The van der Waals surface area contributed by atoms with Gasteiger partial charge in [0, 0.05) is 62.0 Å². The van der Waals surface area contributed by atoms with E-state index in [1.54, 1.807) is 84.6 Å². The molecule has 0 spiro atoms. The Morgan fingerprint density at radius 3 is 0.851 bits per heavy atom. The van der Waals surface area contributed by atoms with E-state index in [1.807, 2.05) is 169 Å². The van der Waals surface area contributed by atoms with Crippen LogP contribution in [0.5, 0.6) is 0 Å². The first-order valence-electron chi connectivity index (χ1n) is 24.3. The zero-order valence-electron chi connectivity index (χ0n) is 47.9. The SMILES string of the molecule is CC.CC.CC.CC.CC.CC.CC.CC.CC.CC.c1ccncc1.c1ccnnc1.c1cnccn1.c1cncnc1.c1nc[nH]n1.c1nc[nH]n1.c1ncon1.c1ncsn1.c1nnco1.c1nncs1. The zero-order valence-corrected chi connectivity index (χ0v) is 49.5. The van der Waals surface area contributed by atoms with Gasteiger partial charge in [0.2, 0.25) is 19.2 Å². The lowest BCUT2D eigenvalue weighted by Crippen LogP contribution is -1.69. The second-order valence-electron chi connectivity index (χ2n) is 7.36. The third kappa shape index (κ3) is 120. The van der Waals surface area contributed by atoms with Gasteiger partial charge in [0.1, 0.15) is 54.5 Å². The summed E-state index contributed by atoms with van der Waals surface area (Å²) in [5.74, 6) is 0. The van der Waals surface area contributed by atoms with Crippen molar-refractivity contribution in [3.05, 3.63) is 178 Å². The van der Waals surface area contributed by atoms with E-state index in [4.69, 9.17) is 0 Å². The van der Waals surface area contributed by atoms with Crippen molar-refractivity contribution in [1.29, 1.82) is 0 Å². The smallest absolute Gasteiger partial charge is 0.213 e. The Labute approximate surface area is 452 Å². The van der Waals surface area contributed by atoms with Crippen LogP contribution >= 0.6 is 22.9 Å². The third-order valence-electron chi connectivity index (χ3n) is 3.80. The Morgan fingerprint density at radius 2 is 0.730 bits per heavy atom. The van der Waals surface area contributed by atoms with E-state index in [-0.39, 0.29) is 0 Å². The van der Waals surface area contributed by atoms with E-state index in [1.165, 1.54) is 86.3 Å². The minimum Gasteiger partial charge on any atom is -0.431 e. The van der Waals surface area contributed by atoms with E-state index in [0.29, 0.717) is 0 Å². The van der Waals surface area contributed by atoms with Gasteiger partial charge in [-0.05, 0) is 41.9 Å². The van der Waals surface area contributed by atoms with Crippen LogP contribution in [0.4, 0.5) is 0 Å². The molecule has 74 heavy (non-hydrogen) atoms. The van der Waals surface area contributed by atoms with E-state index < -0.39 is 0 Å². The Bertz CT molecular complexity index is 1330. The lowest BCUT2D eigenvalue weighted by Gasteiger charge is -1.70. The molecule has 0 atom stereocenters. The lowest BCUT2D eigenvalue weighted by molar-refractivity contribution is 0.416. The molecule has 10 heterocycles. The van der Waals surface area contributed by atoms with Gasteiger partial charge < -0.3 is 8.94 Å². The van der Waals surface area contributed by atoms with Crippen molar-refractivity contribution in [2.75, 3.05) is 0 Å². The van der Waals surface area contributed by atoms with Gasteiger partial charge in [-0.3, -0.25) is 25.1 Å². The Kier molecular flexibility index (Phi) is 151. The van der Waals surface area contributed by atoms with E-state index in [0.717, 1.165) is 0 Å². The molecule has 2 N–H and O–H groups in total. The molecule has 0 aromatic carbocycles. The molecule has 25 heteroatoms. The molecule has 0 fully saturated rings. The first kappa shape index (κ1) is 89.0. The molecule has 10 aromatic rings. The number of hydrogen-bond donors (Lipinski definition) is 2. The monoisotopic (exact) mass is 1070 g/mol. The van der Waals surface area contributed by atoms with Gasteiger partial charge >= 0.3 is 0 Å². The summed E-state index contributed by atoms with van der Waals surface area (Å²) in [7, 11) is 0. The Hall–Kier alpha value is -7.93. The molecule has 416 valence electrons. The number of nitrogens with one attached hydrogen (secondary N) is 2. The summed E-state index contributed by atoms with van der Waals surface area (Å²) in [6.45, 7) is 40.0. The molecule has 10 rings (SSSR count). The molecule has 0 aliphatic rings. The van der Waals surface area contributed by atoms with Crippen molar-refractivity contribution in [2.45, 2.75) is 138 Å². The summed E-state index contributed by atoms with van der Waals surface area (Å²) in [6.07, 6.45) is 30.8. The van der Waals surface area contributed by atoms with Gasteiger partial charge in [-0.15, -0.1) is 31.7 Å². The number of nitrogens with zero attached hydrogens (tertiary/aromatic N) is 19. The van der Waals surface area contributed by atoms with Gasteiger partial charge in [-0.1, -0.05) is 150 Å². The minimum absolute atomic E-state index is 1.26. The van der Waals surface area contributed by atoms with Gasteiger partial charge in [-0.2, -0.15) is 24.8 Å². The second-order valence-corrected chi connectivity index (χ2v) is 8.68. The fourth-order valence-corrected chi connectivity index (χ4v) is 2.49. The number of aromatic nitrogens is 21. The number of aromatic amines is 2. The Morgan fingerprint density at radius 1 is 0.311 bits per heavy atom. The van der Waals surface area contributed by atoms with Gasteiger partial charge in [-0.25, -0.2) is 29.9 Å². The minimum atomic E-state index is 1.26. The fraction of sp³-hybridized carbons (Fsp3) is 0.408. The summed E-state index contributed by atoms with van der Waals surface area (Å²) < 4.78 is 12.2. The summed E-state index contributed by atoms with van der Waals surface area (Å²) in [5.41, 5.74) is 5.04. The molecular formula is C49H91N21O2S2. The molecule has 23 nitrogen and oxygen atoms in total. The van der Waals surface area contributed by atoms with Gasteiger partial charge in [0.05, 0.1) is 0 Å². The standard InChI is InChI=1S/C5H5N.3C4H4N2.2C2H3N3.2C2H2N2O.2C2H2N2S.10C2H6/c1-2-4-6-5-3-1;1-2-6-4-3-5-1;1-2-5-4-6-3-1;1-2-4-6-5-3-1;2*1-3-2-5-4-1;1-3-4-2-5-1;1-3-2-5-4-1;1-3-4-2-5-1;1-3-2-5-4-1;10*1-2/h1-5H;3*1-4H;2*1-2H,(H,3,4,5);4*1-2H;10*1-2H3. The lowest BCUT2D eigenvalue weighted by atomic mass is 10.5. The van der Waals surface area contributed by atoms with E-state index in [9.17, 15) is 0 Å². The zero-order chi connectivity index (χ0) is 58.2. The van der Waals surface area contributed by atoms with Crippen molar-refractivity contribution < 1.29 is 8.94 Å². The average Bonchev–Trinajstić information content (AvgIpc) is 4.40. The highest BCUT2D eigenvalue weighted by Crippen LogP contribution is 1.81. The quantitative estimate of drug-likeness (QED) is 0.142. The van der Waals surface area contributed by atoms with Gasteiger partial charge in [0.25, 0.3) is 0 Å². The van der Waals surface area contributed by atoms with Crippen molar-refractivity contribution in [3.8, 4) is 0 Å². The number of H-pyrrole nitrogens is 2. The molecule has 0 bridgehead atoms. The Balaban J connectivity index is -0.0000000741. The van der Waals surface area contributed by atoms with Crippen molar-refractivity contribution in [1.82, 2.24) is 105 Å². The van der Waals surface area contributed by atoms with Gasteiger partial charge in [0.15, 0.2) is 6.33 Å². The first-order chi connectivity index (χ1) is 37.0. The molecular weight excluding hydrogens is 979 g/mol. The van der Waals surface area contributed by atoms with E-state index >= 15 is 0 Å². The highest BCUT2D eigenvalue weighted by molar-refractivity contribution is 7.07. The molecule has 0 amide bonds. The van der Waals surface area contributed by atoms with Crippen molar-refractivity contribution >= 4 is 22.9 Å². The highest BCUT2D eigenvalue weighted by atomic mass is 32.1. The van der Waals surface area contributed by atoms with Crippen molar-refractivity contribution in [3.63, 3.8) is 0 Å². The average molecular weight is 1070 g/mol. The predicted molar refractivity (Wildman–Crippen MR) is 305 cm³/mol. The first-order valence-corrected chi connectivity index (χ1v) is 26.1. The summed E-state index contributed by atoms with van der Waals surface area (Å²) in [5, 5.41) is 35.9. The number of rotatable bonds is 0. The summed E-state index contributed by atoms with van der Waals surface area (Å²) in [4.78, 5) is 32.8. The van der Waals surface area contributed by atoms with Crippen LogP contribution < -0.4 is 0 Å². The maximum atomic E-state index is 4.36. The van der Waals surface area contributed by atoms with Crippen LogP contribution in [0.3, 0.4) is 0 Å². The maximum absolute atomic E-state index is 4.36. The molecule has 0 radical (unpaired) electrons. The van der Waals surface area contributed by atoms with Crippen LogP contribution in [0.2, 0.25) is 0 Å². The van der Waals surface area contributed by atoms with E-state index in [2.05, 4.69) is 114 Å². The molecule has 10 aromatic heterocycles. The third-order valence-corrected chi connectivity index (χ3v) is 4.66. The van der Waals surface area contributed by atoms with Crippen LogP contribution in [-0.2, 0) is 0 Å². The molecule has 0 aliphatic carbocycles. The molecule has 0 saturated carbocycles. The summed E-state index contributed by atoms with van der Waals surface area (Å²) in [6, 6.07) is 11.1. The van der Waals surface area contributed by atoms with Crippen LogP contribution in [0.1, 0.15) is 138 Å². The predicted octanol–water partition coefficient (Wildman–Crippen LogP) is 13.6. The van der Waals surface area contributed by atoms with Crippen LogP contribution in [-0.4, -0.2) is 105 Å².